The lowest BCUT2D eigenvalue weighted by atomic mass is 10.4. The van der Waals surface area contributed by atoms with Crippen LogP contribution in [0.15, 0.2) is 25.8 Å². The molecular formula is C6H2BrClN2O2. The molecule has 0 spiro atoms. The first-order valence-corrected chi connectivity index (χ1v) is 4.18. The summed E-state index contributed by atoms with van der Waals surface area (Å²) in [5.74, 6) is 0.756. The van der Waals surface area contributed by atoms with Crippen molar-refractivity contribution in [2.45, 2.75) is 0 Å². The Balaban J connectivity index is 2.43. The Kier molecular flexibility index (Phi) is 1.90. The van der Waals surface area contributed by atoms with Crippen LogP contribution in [0.3, 0.4) is 0 Å². The maximum atomic E-state index is 5.55. The first kappa shape index (κ1) is 7.82. The van der Waals surface area contributed by atoms with E-state index in [0.29, 0.717) is 21.6 Å². The second-order valence-corrected chi connectivity index (χ2v) is 3.05. The normalized spacial score (nSPS) is 10.5. The third-order valence-electron chi connectivity index (χ3n) is 1.19. The van der Waals surface area contributed by atoms with Crippen LogP contribution in [-0.4, -0.2) is 10.1 Å². The molecule has 0 saturated heterocycles. The summed E-state index contributed by atoms with van der Waals surface area (Å²) in [6, 6.07) is 3.26. The number of rotatable bonds is 1. The monoisotopic (exact) mass is 248 g/mol. The van der Waals surface area contributed by atoms with Gasteiger partial charge >= 0.3 is 0 Å². The maximum absolute atomic E-state index is 5.55. The highest BCUT2D eigenvalue weighted by atomic mass is 79.9. The van der Waals surface area contributed by atoms with E-state index in [1.54, 1.807) is 12.1 Å². The van der Waals surface area contributed by atoms with Crippen LogP contribution in [0.5, 0.6) is 0 Å². The highest BCUT2D eigenvalue weighted by Crippen LogP contribution is 2.23. The van der Waals surface area contributed by atoms with Crippen LogP contribution in [0.2, 0.25) is 5.22 Å². The van der Waals surface area contributed by atoms with Gasteiger partial charge in [-0.15, -0.1) is 0 Å². The summed E-state index contributed by atoms with van der Waals surface area (Å²) in [5, 5.41) is 3.82. The topological polar surface area (TPSA) is 52.1 Å². The van der Waals surface area contributed by atoms with E-state index in [9.17, 15) is 0 Å². The number of halogens is 2. The van der Waals surface area contributed by atoms with Gasteiger partial charge < -0.3 is 8.94 Å². The first-order valence-electron chi connectivity index (χ1n) is 3.00. The van der Waals surface area contributed by atoms with Gasteiger partial charge in [0.1, 0.15) is 0 Å². The van der Waals surface area contributed by atoms with E-state index >= 15 is 0 Å². The Morgan fingerprint density at radius 3 is 2.75 bits per heavy atom. The summed E-state index contributed by atoms with van der Waals surface area (Å²) in [7, 11) is 0. The van der Waals surface area contributed by atoms with E-state index in [0.717, 1.165) is 0 Å². The Bertz CT molecular complexity index is 359. The maximum Gasteiger partial charge on any atom is 0.294 e. The molecule has 0 aliphatic carbocycles. The summed E-state index contributed by atoms with van der Waals surface area (Å²) in [5.41, 5.74) is 0. The molecule has 0 N–H and O–H groups in total. The van der Waals surface area contributed by atoms with Gasteiger partial charge in [-0.3, -0.25) is 0 Å². The molecule has 0 aromatic carbocycles. The van der Waals surface area contributed by atoms with E-state index in [-0.39, 0.29) is 0 Å². The van der Waals surface area contributed by atoms with Gasteiger partial charge in [0.2, 0.25) is 4.73 Å². The third-order valence-corrected chi connectivity index (χ3v) is 1.71. The molecule has 2 heterocycles. The number of furan rings is 1. The van der Waals surface area contributed by atoms with Gasteiger partial charge in [0.05, 0.1) is 0 Å². The van der Waals surface area contributed by atoms with Crippen molar-refractivity contribution in [3.05, 3.63) is 22.1 Å². The molecule has 0 aliphatic rings. The van der Waals surface area contributed by atoms with Crippen LogP contribution < -0.4 is 0 Å². The zero-order valence-corrected chi connectivity index (χ0v) is 7.96. The van der Waals surface area contributed by atoms with Crippen molar-refractivity contribution in [1.29, 1.82) is 0 Å². The van der Waals surface area contributed by atoms with Crippen LogP contribution in [0.25, 0.3) is 11.7 Å². The van der Waals surface area contributed by atoms with Gasteiger partial charge in [-0.1, -0.05) is 0 Å². The summed E-state index contributed by atoms with van der Waals surface area (Å²) >= 11 is 8.59. The van der Waals surface area contributed by atoms with E-state index in [2.05, 4.69) is 26.1 Å². The zero-order chi connectivity index (χ0) is 8.55. The molecule has 2 rings (SSSR count). The van der Waals surface area contributed by atoms with Gasteiger partial charge in [0.25, 0.3) is 5.89 Å². The Labute approximate surface area is 80.6 Å². The van der Waals surface area contributed by atoms with Gasteiger partial charge in [0.15, 0.2) is 11.0 Å². The van der Waals surface area contributed by atoms with Crippen molar-refractivity contribution >= 4 is 27.5 Å². The third kappa shape index (κ3) is 1.37. The predicted molar refractivity (Wildman–Crippen MR) is 44.7 cm³/mol. The lowest BCUT2D eigenvalue weighted by Gasteiger charge is -1.82. The number of hydrogen-bond acceptors (Lipinski definition) is 4. The van der Waals surface area contributed by atoms with Crippen molar-refractivity contribution < 1.29 is 8.94 Å². The number of nitrogens with zero attached hydrogens (tertiary/aromatic N) is 2. The van der Waals surface area contributed by atoms with Crippen molar-refractivity contribution in [3.63, 3.8) is 0 Å². The van der Waals surface area contributed by atoms with Crippen LogP contribution in [0.4, 0.5) is 0 Å². The molecule has 12 heavy (non-hydrogen) atoms. The molecule has 2 aromatic heterocycles. The van der Waals surface area contributed by atoms with Crippen molar-refractivity contribution in [1.82, 2.24) is 10.1 Å². The lowest BCUT2D eigenvalue weighted by molar-refractivity contribution is 0.412. The zero-order valence-electron chi connectivity index (χ0n) is 5.62. The molecule has 0 amide bonds. The fourth-order valence-corrected chi connectivity index (χ4v) is 1.11. The highest BCUT2D eigenvalue weighted by Gasteiger charge is 2.10. The van der Waals surface area contributed by atoms with Crippen molar-refractivity contribution in [2.75, 3.05) is 0 Å². The summed E-state index contributed by atoms with van der Waals surface area (Å²) in [6.07, 6.45) is 0. The highest BCUT2D eigenvalue weighted by molar-refractivity contribution is 9.10. The minimum absolute atomic E-state index is 0.291. The number of hydrogen-bond donors (Lipinski definition) is 0. The van der Waals surface area contributed by atoms with Crippen LogP contribution >= 0.6 is 27.5 Å². The average Bonchev–Trinajstić information content (AvgIpc) is 2.58. The Morgan fingerprint density at radius 2 is 2.25 bits per heavy atom. The van der Waals surface area contributed by atoms with E-state index in [4.69, 9.17) is 20.5 Å². The largest absolute Gasteiger partial charge is 0.440 e. The molecule has 6 heteroatoms. The van der Waals surface area contributed by atoms with Crippen molar-refractivity contribution in [3.8, 4) is 11.7 Å². The minimum Gasteiger partial charge on any atom is -0.440 e. The SMILES string of the molecule is Clc1ccc(-c2nc(Br)no2)o1. The molecule has 0 unspecified atom stereocenters. The van der Waals surface area contributed by atoms with Gasteiger partial charge in [-0.05, 0) is 44.8 Å². The van der Waals surface area contributed by atoms with Crippen LogP contribution in [-0.2, 0) is 0 Å². The summed E-state index contributed by atoms with van der Waals surface area (Å²) in [6.45, 7) is 0. The molecule has 0 bridgehead atoms. The lowest BCUT2D eigenvalue weighted by Crippen LogP contribution is -1.70. The van der Waals surface area contributed by atoms with Gasteiger partial charge in [-0.25, -0.2) is 0 Å². The standard InChI is InChI=1S/C6H2BrClN2O2/c7-6-9-5(12-10-6)3-1-2-4(8)11-3/h1-2H. The quantitative estimate of drug-likeness (QED) is 0.780. The molecular weight excluding hydrogens is 247 g/mol. The molecule has 0 fully saturated rings. The summed E-state index contributed by atoms with van der Waals surface area (Å²) < 4.78 is 10.2. The summed E-state index contributed by atoms with van der Waals surface area (Å²) in [4.78, 5) is 3.88. The van der Waals surface area contributed by atoms with E-state index in [1.165, 1.54) is 0 Å². The molecule has 0 aliphatic heterocycles. The molecule has 4 nitrogen and oxygen atoms in total. The molecule has 2 aromatic rings. The average molecular weight is 249 g/mol. The van der Waals surface area contributed by atoms with E-state index < -0.39 is 0 Å². The first-order chi connectivity index (χ1) is 5.75. The smallest absolute Gasteiger partial charge is 0.294 e. The van der Waals surface area contributed by atoms with Crippen LogP contribution in [0, 0.1) is 0 Å². The van der Waals surface area contributed by atoms with Crippen LogP contribution in [0.1, 0.15) is 0 Å². The molecule has 0 saturated carbocycles. The molecule has 62 valence electrons. The number of aromatic nitrogens is 2. The Hall–Kier alpha value is -0.810. The fraction of sp³-hybridized carbons (Fsp3) is 0. The second-order valence-electron chi connectivity index (χ2n) is 1.97. The van der Waals surface area contributed by atoms with Gasteiger partial charge in [-0.2, -0.15) is 4.98 Å². The van der Waals surface area contributed by atoms with Crippen molar-refractivity contribution in [2.24, 2.45) is 0 Å². The second kappa shape index (κ2) is 2.91. The van der Waals surface area contributed by atoms with E-state index in [1.807, 2.05) is 0 Å². The molecule has 0 radical (unpaired) electrons. The Morgan fingerprint density at radius 1 is 1.42 bits per heavy atom. The van der Waals surface area contributed by atoms with Gasteiger partial charge in [0, 0.05) is 0 Å². The molecule has 0 atom stereocenters. The predicted octanol–water partition coefficient (Wildman–Crippen LogP) is 2.75. The minimum atomic E-state index is 0.291. The fourth-order valence-electron chi connectivity index (χ4n) is 0.735.